The highest BCUT2D eigenvalue weighted by molar-refractivity contribution is 6.04. The van der Waals surface area contributed by atoms with E-state index in [4.69, 9.17) is 0 Å². The van der Waals surface area contributed by atoms with Crippen LogP contribution in [-0.2, 0) is 5.60 Å². The second-order valence-corrected chi connectivity index (χ2v) is 4.58. The Labute approximate surface area is 113 Å². The average Bonchev–Trinajstić information content (AvgIpc) is 2.47. The van der Waals surface area contributed by atoms with Crippen LogP contribution in [0, 0.1) is 0 Å². The summed E-state index contributed by atoms with van der Waals surface area (Å²) in [4.78, 5) is 11.9. The molecule has 0 saturated carbocycles. The number of benzene rings is 2. The number of rotatable bonds is 4. The van der Waals surface area contributed by atoms with Crippen LogP contribution in [0.3, 0.4) is 0 Å². The fraction of sp³-hybridized carbons (Fsp3) is 0.118. The molecule has 0 aliphatic rings. The van der Waals surface area contributed by atoms with Crippen molar-refractivity contribution in [2.45, 2.75) is 12.5 Å². The van der Waals surface area contributed by atoms with Gasteiger partial charge in [-0.05, 0) is 24.6 Å². The lowest BCUT2D eigenvalue weighted by molar-refractivity contribution is 0.101. The lowest BCUT2D eigenvalue weighted by Gasteiger charge is -2.19. The van der Waals surface area contributed by atoms with Crippen LogP contribution < -0.4 is 0 Å². The van der Waals surface area contributed by atoms with Crippen molar-refractivity contribution in [2.75, 3.05) is 0 Å². The lowest BCUT2D eigenvalue weighted by atomic mass is 9.95. The molecular formula is C17H16O2. The summed E-state index contributed by atoms with van der Waals surface area (Å²) in [7, 11) is 0. The maximum absolute atomic E-state index is 11.9. The van der Waals surface area contributed by atoms with E-state index in [0.717, 1.165) is 5.56 Å². The number of hydrogen-bond acceptors (Lipinski definition) is 2. The summed E-state index contributed by atoms with van der Waals surface area (Å²) in [5.41, 5.74) is 0.223. The van der Waals surface area contributed by atoms with Gasteiger partial charge in [0.15, 0.2) is 5.78 Å². The standard InChI is InChI=1S/C17H16O2/c1-17(19,15-10-6-3-7-11-15)13-12-16(18)14-8-4-2-5-9-14/h2-13,19H,1H3/b13-12+. The van der Waals surface area contributed by atoms with E-state index in [1.807, 2.05) is 48.5 Å². The quantitative estimate of drug-likeness (QED) is 0.669. The molecule has 0 aliphatic heterocycles. The zero-order valence-corrected chi connectivity index (χ0v) is 10.8. The second-order valence-electron chi connectivity index (χ2n) is 4.58. The van der Waals surface area contributed by atoms with E-state index in [0.29, 0.717) is 5.56 Å². The van der Waals surface area contributed by atoms with Gasteiger partial charge in [0.25, 0.3) is 0 Å². The third-order valence-corrected chi connectivity index (χ3v) is 2.98. The summed E-state index contributed by atoms with van der Waals surface area (Å²) in [6.45, 7) is 1.66. The molecule has 0 aromatic heterocycles. The van der Waals surface area contributed by atoms with Crippen molar-refractivity contribution in [1.29, 1.82) is 0 Å². The minimum atomic E-state index is -1.15. The van der Waals surface area contributed by atoms with Crippen molar-refractivity contribution in [3.8, 4) is 0 Å². The van der Waals surface area contributed by atoms with Gasteiger partial charge in [-0.2, -0.15) is 0 Å². The first-order chi connectivity index (χ1) is 9.09. The molecule has 2 rings (SSSR count). The van der Waals surface area contributed by atoms with E-state index in [-0.39, 0.29) is 5.78 Å². The number of aliphatic hydroxyl groups is 1. The molecule has 0 fully saturated rings. The van der Waals surface area contributed by atoms with Gasteiger partial charge in [-0.25, -0.2) is 0 Å². The number of allylic oxidation sites excluding steroid dienone is 1. The Kier molecular flexibility index (Phi) is 3.93. The topological polar surface area (TPSA) is 37.3 Å². The molecule has 2 aromatic carbocycles. The molecule has 2 heteroatoms. The molecular weight excluding hydrogens is 236 g/mol. The zero-order chi connectivity index (χ0) is 13.7. The van der Waals surface area contributed by atoms with Crippen LogP contribution in [-0.4, -0.2) is 10.9 Å². The van der Waals surface area contributed by atoms with Crippen molar-refractivity contribution < 1.29 is 9.90 Å². The Morgan fingerprint density at radius 3 is 2.11 bits per heavy atom. The second kappa shape index (κ2) is 5.63. The third-order valence-electron chi connectivity index (χ3n) is 2.98. The summed E-state index contributed by atoms with van der Waals surface area (Å²) in [5.74, 6) is -0.114. The molecule has 2 aromatic rings. The van der Waals surface area contributed by atoms with Crippen LogP contribution in [0.1, 0.15) is 22.8 Å². The van der Waals surface area contributed by atoms with Crippen molar-refractivity contribution in [1.82, 2.24) is 0 Å². The van der Waals surface area contributed by atoms with Crippen molar-refractivity contribution in [3.63, 3.8) is 0 Å². The molecule has 0 amide bonds. The average molecular weight is 252 g/mol. The normalized spacial score (nSPS) is 14.2. The fourth-order valence-electron chi connectivity index (χ4n) is 1.81. The van der Waals surface area contributed by atoms with Crippen LogP contribution >= 0.6 is 0 Å². The van der Waals surface area contributed by atoms with E-state index < -0.39 is 5.60 Å². The van der Waals surface area contributed by atoms with Gasteiger partial charge in [-0.3, -0.25) is 4.79 Å². The predicted molar refractivity (Wildman–Crippen MR) is 75.9 cm³/mol. The van der Waals surface area contributed by atoms with Gasteiger partial charge in [0.2, 0.25) is 0 Å². The van der Waals surface area contributed by atoms with Gasteiger partial charge in [0.1, 0.15) is 5.60 Å². The molecule has 96 valence electrons. The molecule has 19 heavy (non-hydrogen) atoms. The molecule has 0 radical (unpaired) electrons. The van der Waals surface area contributed by atoms with Gasteiger partial charge in [-0.1, -0.05) is 60.7 Å². The summed E-state index contributed by atoms with van der Waals surface area (Å²) >= 11 is 0. The Morgan fingerprint density at radius 1 is 1.00 bits per heavy atom. The smallest absolute Gasteiger partial charge is 0.185 e. The lowest BCUT2D eigenvalue weighted by Crippen LogP contribution is -2.18. The van der Waals surface area contributed by atoms with Crippen molar-refractivity contribution in [2.24, 2.45) is 0 Å². The van der Waals surface area contributed by atoms with Gasteiger partial charge < -0.3 is 5.11 Å². The van der Waals surface area contributed by atoms with Crippen LogP contribution in [0.4, 0.5) is 0 Å². The highest BCUT2D eigenvalue weighted by Crippen LogP contribution is 2.21. The van der Waals surface area contributed by atoms with E-state index in [1.54, 1.807) is 19.1 Å². The third kappa shape index (κ3) is 3.39. The molecule has 0 heterocycles. The maximum atomic E-state index is 11.9. The Balaban J connectivity index is 2.17. The van der Waals surface area contributed by atoms with Crippen molar-refractivity contribution >= 4 is 5.78 Å². The van der Waals surface area contributed by atoms with Crippen LogP contribution in [0.15, 0.2) is 72.8 Å². The highest BCUT2D eigenvalue weighted by atomic mass is 16.3. The van der Waals surface area contributed by atoms with Gasteiger partial charge in [0.05, 0.1) is 0 Å². The van der Waals surface area contributed by atoms with Crippen LogP contribution in [0.25, 0.3) is 0 Å². The Hall–Kier alpha value is -2.19. The fourth-order valence-corrected chi connectivity index (χ4v) is 1.81. The summed E-state index contributed by atoms with van der Waals surface area (Å²) < 4.78 is 0. The molecule has 0 bridgehead atoms. The van der Waals surface area contributed by atoms with Crippen LogP contribution in [0.5, 0.6) is 0 Å². The first-order valence-corrected chi connectivity index (χ1v) is 6.16. The van der Waals surface area contributed by atoms with Gasteiger partial charge in [-0.15, -0.1) is 0 Å². The molecule has 1 atom stereocenters. The van der Waals surface area contributed by atoms with Gasteiger partial charge in [0, 0.05) is 5.56 Å². The predicted octanol–water partition coefficient (Wildman–Crippen LogP) is 3.33. The number of carbonyl (C=O) groups is 1. The van der Waals surface area contributed by atoms with E-state index >= 15 is 0 Å². The summed E-state index contributed by atoms with van der Waals surface area (Å²) in [6, 6.07) is 18.3. The molecule has 1 unspecified atom stereocenters. The largest absolute Gasteiger partial charge is 0.381 e. The Bertz CT molecular complexity index is 569. The summed E-state index contributed by atoms with van der Waals surface area (Å²) in [5, 5.41) is 10.3. The minimum absolute atomic E-state index is 0.114. The Morgan fingerprint density at radius 2 is 1.53 bits per heavy atom. The van der Waals surface area contributed by atoms with E-state index in [1.165, 1.54) is 12.2 Å². The van der Waals surface area contributed by atoms with E-state index in [9.17, 15) is 9.90 Å². The number of ketones is 1. The monoisotopic (exact) mass is 252 g/mol. The van der Waals surface area contributed by atoms with E-state index in [2.05, 4.69) is 0 Å². The molecule has 2 nitrogen and oxygen atoms in total. The highest BCUT2D eigenvalue weighted by Gasteiger charge is 2.19. The first kappa shape index (κ1) is 13.2. The molecule has 0 aliphatic carbocycles. The molecule has 1 N–H and O–H groups in total. The minimum Gasteiger partial charge on any atom is -0.381 e. The number of hydrogen-bond donors (Lipinski definition) is 1. The molecule has 0 spiro atoms. The zero-order valence-electron chi connectivity index (χ0n) is 10.8. The summed E-state index contributed by atoms with van der Waals surface area (Å²) in [6.07, 6.45) is 2.94. The van der Waals surface area contributed by atoms with Crippen molar-refractivity contribution in [3.05, 3.63) is 83.9 Å². The number of carbonyl (C=O) groups excluding carboxylic acids is 1. The van der Waals surface area contributed by atoms with Gasteiger partial charge >= 0.3 is 0 Å². The molecule has 0 saturated heterocycles. The maximum Gasteiger partial charge on any atom is 0.185 e. The van der Waals surface area contributed by atoms with Crippen LogP contribution in [0.2, 0.25) is 0 Å². The SMILES string of the molecule is CC(O)(/C=C/C(=O)c1ccccc1)c1ccccc1. The first-order valence-electron chi connectivity index (χ1n) is 6.16.